The molecule has 0 amide bonds. The van der Waals surface area contributed by atoms with Gasteiger partial charge in [-0.05, 0) is 49.9 Å². The Balaban J connectivity index is 1.49. The summed E-state index contributed by atoms with van der Waals surface area (Å²) in [6, 6.07) is 8.84. The van der Waals surface area contributed by atoms with Crippen LogP contribution in [0.2, 0.25) is 0 Å². The third-order valence-electron chi connectivity index (χ3n) is 5.03. The monoisotopic (exact) mass is 374 g/mol. The average Bonchev–Trinajstić information content (AvgIpc) is 3.49. The number of anilines is 3. The van der Waals surface area contributed by atoms with Crippen LogP contribution in [0, 0.1) is 0 Å². The molecule has 2 saturated carbocycles. The van der Waals surface area contributed by atoms with Crippen LogP contribution in [0.15, 0.2) is 30.3 Å². The first-order valence-corrected chi connectivity index (χ1v) is 9.63. The Hall–Kier alpha value is -2.44. The minimum atomic E-state index is -2.82. The zero-order valence-corrected chi connectivity index (χ0v) is 15.1. The molecule has 2 aromatic rings. The van der Waals surface area contributed by atoms with Crippen LogP contribution in [0.4, 0.5) is 26.2 Å². The molecule has 0 spiro atoms. The summed E-state index contributed by atoms with van der Waals surface area (Å²) < 4.78 is 28.9. The van der Waals surface area contributed by atoms with Gasteiger partial charge in [0.15, 0.2) is 0 Å². The van der Waals surface area contributed by atoms with Crippen LogP contribution in [0.5, 0.6) is 5.75 Å². The maximum Gasteiger partial charge on any atom is 0.387 e. The van der Waals surface area contributed by atoms with Gasteiger partial charge >= 0.3 is 6.61 Å². The van der Waals surface area contributed by atoms with Gasteiger partial charge < -0.3 is 15.4 Å². The van der Waals surface area contributed by atoms with Crippen LogP contribution in [0.3, 0.4) is 0 Å². The van der Waals surface area contributed by atoms with Gasteiger partial charge in [0.2, 0.25) is 5.95 Å². The Morgan fingerprint density at radius 3 is 2.37 bits per heavy atom. The number of hydrogen-bond acceptors (Lipinski definition) is 5. The Morgan fingerprint density at radius 1 is 0.963 bits per heavy atom. The van der Waals surface area contributed by atoms with Crippen molar-refractivity contribution >= 4 is 17.5 Å². The molecule has 0 unspecified atom stereocenters. The minimum absolute atomic E-state index is 0.136. The first-order chi connectivity index (χ1) is 13.2. The van der Waals surface area contributed by atoms with E-state index in [1.165, 1.54) is 44.2 Å². The summed E-state index contributed by atoms with van der Waals surface area (Å²) >= 11 is 0. The molecular formula is C20H24F2N4O. The number of hydrogen-bond donors (Lipinski definition) is 2. The zero-order valence-electron chi connectivity index (χ0n) is 15.1. The third kappa shape index (κ3) is 5.05. The van der Waals surface area contributed by atoms with Gasteiger partial charge in [0.05, 0.1) is 5.69 Å². The maximum atomic E-state index is 12.3. The first-order valence-electron chi connectivity index (χ1n) is 9.63. The summed E-state index contributed by atoms with van der Waals surface area (Å²) in [5.74, 6) is 2.04. The van der Waals surface area contributed by atoms with E-state index in [9.17, 15) is 8.78 Å². The topological polar surface area (TPSA) is 59.1 Å². The quantitative estimate of drug-likeness (QED) is 0.675. The normalized spacial score (nSPS) is 17.7. The Bertz CT molecular complexity index is 759. The zero-order chi connectivity index (χ0) is 18.6. The van der Waals surface area contributed by atoms with E-state index in [2.05, 4.69) is 20.4 Å². The van der Waals surface area contributed by atoms with Crippen molar-refractivity contribution in [3.05, 3.63) is 36.0 Å². The molecule has 7 heteroatoms. The highest BCUT2D eigenvalue weighted by Gasteiger charge is 2.26. The number of ether oxygens (including phenoxy) is 1. The van der Waals surface area contributed by atoms with E-state index >= 15 is 0 Å². The fourth-order valence-corrected chi connectivity index (χ4v) is 3.48. The van der Waals surface area contributed by atoms with Gasteiger partial charge in [-0.25, -0.2) is 4.98 Å². The number of rotatable bonds is 7. The highest BCUT2D eigenvalue weighted by Crippen LogP contribution is 2.40. The minimum Gasteiger partial charge on any atom is -0.435 e. The second-order valence-corrected chi connectivity index (χ2v) is 7.28. The van der Waals surface area contributed by atoms with Crippen molar-refractivity contribution in [1.82, 2.24) is 9.97 Å². The molecule has 2 fully saturated rings. The van der Waals surface area contributed by atoms with Crippen LogP contribution < -0.4 is 15.4 Å². The standard InChI is InChI=1S/C20H24F2N4O/c21-19(22)27-16-10-8-15(9-11-16)23-18-12-17(13-6-7-13)25-20(26-18)24-14-4-2-1-3-5-14/h8-14,19H,1-7H2,(H2,23,24,25,26). The van der Waals surface area contributed by atoms with Crippen LogP contribution in [-0.4, -0.2) is 22.6 Å². The predicted molar refractivity (Wildman–Crippen MR) is 101 cm³/mol. The number of nitrogens with zero attached hydrogens (tertiary/aromatic N) is 2. The first kappa shape index (κ1) is 17.9. The summed E-state index contributed by atoms with van der Waals surface area (Å²) in [6.45, 7) is -2.82. The van der Waals surface area contributed by atoms with Crippen LogP contribution in [0.1, 0.15) is 56.6 Å². The lowest BCUT2D eigenvalue weighted by molar-refractivity contribution is -0.0498. The fraction of sp³-hybridized carbons (Fsp3) is 0.500. The van der Waals surface area contributed by atoms with Crippen molar-refractivity contribution in [2.75, 3.05) is 10.6 Å². The fourth-order valence-electron chi connectivity index (χ4n) is 3.48. The van der Waals surface area contributed by atoms with Crippen molar-refractivity contribution in [2.45, 2.75) is 63.5 Å². The van der Waals surface area contributed by atoms with E-state index in [1.54, 1.807) is 12.1 Å². The largest absolute Gasteiger partial charge is 0.435 e. The van der Waals surface area contributed by atoms with E-state index < -0.39 is 6.61 Å². The lowest BCUT2D eigenvalue weighted by Crippen LogP contribution is -2.23. The molecule has 0 radical (unpaired) electrons. The van der Waals surface area contributed by atoms with Crippen LogP contribution in [0.25, 0.3) is 0 Å². The molecule has 2 N–H and O–H groups in total. The maximum absolute atomic E-state index is 12.3. The molecule has 5 nitrogen and oxygen atoms in total. The molecule has 0 bridgehead atoms. The molecule has 0 atom stereocenters. The SMILES string of the molecule is FC(F)Oc1ccc(Nc2cc(C3CC3)nc(NC3CCCCC3)n2)cc1. The molecule has 27 heavy (non-hydrogen) atoms. The van der Waals surface area contributed by atoms with Gasteiger partial charge in [-0.15, -0.1) is 0 Å². The molecule has 0 saturated heterocycles. The van der Waals surface area contributed by atoms with E-state index in [4.69, 9.17) is 4.98 Å². The van der Waals surface area contributed by atoms with Gasteiger partial charge in [0, 0.05) is 23.7 Å². The lowest BCUT2D eigenvalue weighted by atomic mass is 9.96. The highest BCUT2D eigenvalue weighted by atomic mass is 19.3. The molecular weight excluding hydrogens is 350 g/mol. The number of halogens is 2. The number of alkyl halides is 2. The smallest absolute Gasteiger partial charge is 0.387 e. The molecule has 1 aromatic carbocycles. The Labute approximate surface area is 157 Å². The van der Waals surface area contributed by atoms with E-state index in [1.807, 2.05) is 6.07 Å². The Morgan fingerprint density at radius 2 is 1.70 bits per heavy atom. The molecule has 0 aliphatic heterocycles. The summed E-state index contributed by atoms with van der Waals surface area (Å²) in [6.07, 6.45) is 8.45. The van der Waals surface area contributed by atoms with E-state index in [0.29, 0.717) is 23.7 Å². The second kappa shape index (κ2) is 8.06. The molecule has 4 rings (SSSR count). The van der Waals surface area contributed by atoms with Gasteiger partial charge in [-0.3, -0.25) is 0 Å². The van der Waals surface area contributed by atoms with Crippen molar-refractivity contribution in [3.63, 3.8) is 0 Å². The lowest BCUT2D eigenvalue weighted by Gasteiger charge is -2.23. The molecule has 144 valence electrons. The summed E-state index contributed by atoms with van der Waals surface area (Å²) in [7, 11) is 0. The second-order valence-electron chi connectivity index (χ2n) is 7.28. The molecule has 1 heterocycles. The number of benzene rings is 1. The molecule has 2 aliphatic carbocycles. The average molecular weight is 374 g/mol. The van der Waals surface area contributed by atoms with Crippen molar-refractivity contribution in [1.29, 1.82) is 0 Å². The van der Waals surface area contributed by atoms with Crippen LogP contribution in [-0.2, 0) is 0 Å². The van der Waals surface area contributed by atoms with E-state index in [0.717, 1.165) is 24.2 Å². The summed E-state index contributed by atoms with van der Waals surface area (Å²) in [5.41, 5.74) is 1.82. The van der Waals surface area contributed by atoms with Gasteiger partial charge in [-0.2, -0.15) is 13.8 Å². The van der Waals surface area contributed by atoms with E-state index in [-0.39, 0.29) is 5.75 Å². The van der Waals surface area contributed by atoms with Crippen molar-refractivity contribution in [2.24, 2.45) is 0 Å². The van der Waals surface area contributed by atoms with Gasteiger partial charge in [0.1, 0.15) is 11.6 Å². The number of nitrogens with one attached hydrogen (secondary N) is 2. The third-order valence-corrected chi connectivity index (χ3v) is 5.03. The predicted octanol–water partition coefficient (Wildman–Crippen LogP) is 5.44. The summed E-state index contributed by atoms with van der Waals surface area (Å²) in [5, 5.41) is 6.75. The van der Waals surface area contributed by atoms with Crippen LogP contribution >= 0.6 is 0 Å². The Kier molecular flexibility index (Phi) is 5.36. The molecule has 2 aliphatic rings. The number of aromatic nitrogens is 2. The van der Waals surface area contributed by atoms with Gasteiger partial charge in [-0.1, -0.05) is 19.3 Å². The molecule has 1 aromatic heterocycles. The highest BCUT2D eigenvalue weighted by molar-refractivity contribution is 5.59. The summed E-state index contributed by atoms with van der Waals surface area (Å²) in [4.78, 5) is 9.33. The van der Waals surface area contributed by atoms with Gasteiger partial charge in [0.25, 0.3) is 0 Å². The van der Waals surface area contributed by atoms with Crippen molar-refractivity contribution < 1.29 is 13.5 Å². The van der Waals surface area contributed by atoms with Crippen molar-refractivity contribution in [3.8, 4) is 5.75 Å².